The molecule has 100 valence electrons. The minimum atomic E-state index is -1.09. The molecule has 8 heteroatoms. The predicted molar refractivity (Wildman–Crippen MR) is 66.6 cm³/mol. The molecule has 2 aromatic rings. The maximum Gasteiger partial charge on any atom is 0.165 e. The van der Waals surface area contributed by atoms with Gasteiger partial charge in [-0.3, -0.25) is 0 Å². The normalized spacial score (nSPS) is 26.9. The van der Waals surface area contributed by atoms with E-state index in [4.69, 9.17) is 16.7 Å². The van der Waals surface area contributed by atoms with Crippen LogP contribution in [0.15, 0.2) is 24.3 Å². The largest absolute Gasteiger partial charge is 0.392 e. The van der Waals surface area contributed by atoms with Gasteiger partial charge in [0.15, 0.2) is 10.8 Å². The van der Waals surface area contributed by atoms with Gasteiger partial charge in [0.2, 0.25) is 0 Å². The first-order valence-corrected chi connectivity index (χ1v) is 6.02. The van der Waals surface area contributed by atoms with Gasteiger partial charge in [0, 0.05) is 0 Å². The van der Waals surface area contributed by atoms with Gasteiger partial charge in [-0.25, -0.2) is 15.0 Å². The molecule has 3 N–H and O–H groups in total. The quantitative estimate of drug-likeness (QED) is 0.515. The van der Waals surface area contributed by atoms with Crippen LogP contribution in [0.5, 0.6) is 0 Å². The smallest absolute Gasteiger partial charge is 0.165 e. The zero-order chi connectivity index (χ0) is 13.6. The van der Waals surface area contributed by atoms with Crippen LogP contribution in [0, 0.1) is 0 Å². The summed E-state index contributed by atoms with van der Waals surface area (Å²) >= 11 is 5.90. The van der Waals surface area contributed by atoms with Gasteiger partial charge in [-0.1, -0.05) is 17.7 Å². The van der Waals surface area contributed by atoms with Gasteiger partial charge in [0.1, 0.15) is 24.1 Å². The van der Waals surface area contributed by atoms with Crippen molar-refractivity contribution in [3.05, 3.63) is 29.5 Å². The predicted octanol–water partition coefficient (Wildman–Crippen LogP) is -0.325. The van der Waals surface area contributed by atoms with Gasteiger partial charge >= 0.3 is 0 Å². The van der Waals surface area contributed by atoms with E-state index >= 15 is 0 Å². The Hall–Kier alpha value is -1.54. The Bertz CT molecular complexity index is 656. The number of aromatic nitrogens is 4. The van der Waals surface area contributed by atoms with Crippen molar-refractivity contribution in [3.63, 3.8) is 0 Å². The van der Waals surface area contributed by atoms with E-state index < -0.39 is 18.2 Å². The van der Waals surface area contributed by atoms with E-state index in [1.165, 1.54) is 12.7 Å². The summed E-state index contributed by atoms with van der Waals surface area (Å²) in [6.07, 6.45) is 2.23. The minimum Gasteiger partial charge on any atom is -0.392 e. The van der Waals surface area contributed by atoms with Crippen LogP contribution in [0.25, 0.3) is 11.2 Å². The molecule has 0 aliphatic heterocycles. The lowest BCUT2D eigenvalue weighted by Crippen LogP contribution is -2.30. The van der Waals surface area contributed by atoms with Crippen LogP contribution in [-0.4, -0.2) is 53.7 Å². The van der Waals surface area contributed by atoms with Crippen molar-refractivity contribution < 1.29 is 15.3 Å². The Kier molecular flexibility index (Phi) is 2.98. The topological polar surface area (TPSA) is 104 Å². The van der Waals surface area contributed by atoms with Crippen LogP contribution in [0.1, 0.15) is 6.04 Å². The number of aliphatic hydroxyl groups is 3. The molecule has 2 heterocycles. The highest BCUT2D eigenvalue weighted by atomic mass is 35.5. The van der Waals surface area contributed by atoms with Crippen LogP contribution < -0.4 is 0 Å². The van der Waals surface area contributed by atoms with Crippen molar-refractivity contribution in [2.75, 3.05) is 6.61 Å². The summed E-state index contributed by atoms with van der Waals surface area (Å²) in [5, 5.41) is 29.1. The average Bonchev–Trinajstić information content (AvgIpc) is 2.94. The van der Waals surface area contributed by atoms with Gasteiger partial charge in [-0.2, -0.15) is 0 Å². The molecule has 0 amide bonds. The first-order valence-electron chi connectivity index (χ1n) is 5.64. The van der Waals surface area contributed by atoms with Crippen LogP contribution in [0.2, 0.25) is 5.15 Å². The Morgan fingerprint density at radius 3 is 2.74 bits per heavy atom. The van der Waals surface area contributed by atoms with Gasteiger partial charge in [-0.05, 0) is 5.57 Å². The summed E-state index contributed by atoms with van der Waals surface area (Å²) < 4.78 is 1.60. The number of rotatable bonds is 2. The molecule has 0 unspecified atom stereocenters. The van der Waals surface area contributed by atoms with E-state index in [2.05, 4.69) is 15.0 Å². The average molecular weight is 283 g/mol. The van der Waals surface area contributed by atoms with Gasteiger partial charge in [-0.15, -0.1) is 0 Å². The third-order valence-corrected chi connectivity index (χ3v) is 3.53. The Balaban J connectivity index is 2.11. The lowest BCUT2D eigenvalue weighted by molar-refractivity contribution is 0.0287. The fourth-order valence-electron chi connectivity index (χ4n) is 2.26. The number of fused-ring (bicyclic) bond motifs is 1. The van der Waals surface area contributed by atoms with Gasteiger partial charge in [0.05, 0.1) is 19.0 Å². The highest BCUT2D eigenvalue weighted by Gasteiger charge is 2.36. The molecule has 1 aliphatic rings. The number of imidazole rings is 1. The first kappa shape index (κ1) is 12.5. The number of aliphatic hydroxyl groups excluding tert-OH is 3. The van der Waals surface area contributed by atoms with Crippen molar-refractivity contribution in [1.82, 2.24) is 19.5 Å². The van der Waals surface area contributed by atoms with E-state index in [1.807, 2.05) is 0 Å². The minimum absolute atomic E-state index is 0.225. The summed E-state index contributed by atoms with van der Waals surface area (Å²) in [5.41, 5.74) is 1.27. The molecular formula is C11H11ClN4O3. The van der Waals surface area contributed by atoms with E-state index in [0.717, 1.165) is 0 Å². The van der Waals surface area contributed by atoms with Crippen LogP contribution in [0.3, 0.4) is 0 Å². The SMILES string of the molecule is OCC1=C[C@@H](n2cnc3c(Cl)ncnc32)[C@H](O)[C@@H]1O. The molecule has 0 spiro atoms. The lowest BCUT2D eigenvalue weighted by atomic mass is 10.1. The molecule has 19 heavy (non-hydrogen) atoms. The zero-order valence-electron chi connectivity index (χ0n) is 9.68. The molecule has 7 nitrogen and oxygen atoms in total. The summed E-state index contributed by atoms with van der Waals surface area (Å²) in [6.45, 7) is -0.308. The van der Waals surface area contributed by atoms with Crippen LogP contribution in [0.4, 0.5) is 0 Å². The molecule has 0 fully saturated rings. The van der Waals surface area contributed by atoms with Crippen LogP contribution >= 0.6 is 11.6 Å². The highest BCUT2D eigenvalue weighted by Crippen LogP contribution is 2.31. The third kappa shape index (κ3) is 1.82. The molecule has 0 saturated carbocycles. The molecule has 3 rings (SSSR count). The summed E-state index contributed by atoms with van der Waals surface area (Å²) in [6, 6.07) is -0.548. The summed E-state index contributed by atoms with van der Waals surface area (Å²) in [5.74, 6) is 0. The van der Waals surface area contributed by atoms with E-state index in [9.17, 15) is 10.2 Å². The first-order chi connectivity index (χ1) is 9.13. The van der Waals surface area contributed by atoms with Crippen molar-refractivity contribution in [2.24, 2.45) is 0 Å². The van der Waals surface area contributed by atoms with Crippen molar-refractivity contribution in [3.8, 4) is 0 Å². The molecule has 0 saturated heterocycles. The standard InChI is InChI=1S/C11H11ClN4O3/c12-10-7-11(14-3-13-10)16(4-15-7)6-1-5(2-17)8(18)9(6)19/h1,3-4,6,8-9,17-19H,2H2/t6-,8-,9+/m1/s1. The maximum absolute atomic E-state index is 10.0. The zero-order valence-corrected chi connectivity index (χ0v) is 10.4. The molecule has 2 aromatic heterocycles. The van der Waals surface area contributed by atoms with E-state index in [0.29, 0.717) is 16.7 Å². The molecule has 1 aliphatic carbocycles. The van der Waals surface area contributed by atoms with Crippen molar-refractivity contribution in [2.45, 2.75) is 18.2 Å². The van der Waals surface area contributed by atoms with Gasteiger partial charge in [0.25, 0.3) is 0 Å². The molecule has 0 bridgehead atoms. The lowest BCUT2D eigenvalue weighted by Gasteiger charge is -2.18. The molecule has 0 radical (unpaired) electrons. The van der Waals surface area contributed by atoms with Crippen molar-refractivity contribution >= 4 is 22.8 Å². The molecule has 0 aromatic carbocycles. The third-order valence-electron chi connectivity index (χ3n) is 3.26. The van der Waals surface area contributed by atoms with E-state index in [1.54, 1.807) is 10.6 Å². The number of hydrogen-bond donors (Lipinski definition) is 3. The monoisotopic (exact) mass is 282 g/mol. The summed E-state index contributed by atoms with van der Waals surface area (Å²) in [4.78, 5) is 12.0. The summed E-state index contributed by atoms with van der Waals surface area (Å²) in [7, 11) is 0. The highest BCUT2D eigenvalue weighted by molar-refractivity contribution is 6.33. The second kappa shape index (κ2) is 4.53. The fraction of sp³-hybridized carbons (Fsp3) is 0.364. The maximum atomic E-state index is 10.0. The second-order valence-corrected chi connectivity index (χ2v) is 4.67. The Morgan fingerprint density at radius 1 is 1.26 bits per heavy atom. The van der Waals surface area contributed by atoms with E-state index in [-0.39, 0.29) is 11.8 Å². The van der Waals surface area contributed by atoms with Gasteiger partial charge < -0.3 is 19.9 Å². The number of nitrogens with zero attached hydrogens (tertiary/aromatic N) is 4. The van der Waals surface area contributed by atoms with Crippen LogP contribution in [-0.2, 0) is 0 Å². The Morgan fingerprint density at radius 2 is 2.05 bits per heavy atom. The molecular weight excluding hydrogens is 272 g/mol. The Labute approximate surface area is 112 Å². The second-order valence-electron chi connectivity index (χ2n) is 4.31. The number of halogens is 1. The molecule has 3 atom stereocenters. The number of hydrogen-bond acceptors (Lipinski definition) is 6. The fourth-order valence-corrected chi connectivity index (χ4v) is 2.43. The van der Waals surface area contributed by atoms with Crippen molar-refractivity contribution in [1.29, 1.82) is 0 Å².